The molecule has 0 aliphatic rings. The van der Waals surface area contributed by atoms with Gasteiger partial charge in [0.25, 0.3) is 0 Å². The van der Waals surface area contributed by atoms with Gasteiger partial charge in [-0.2, -0.15) is 12.1 Å². The second-order valence-corrected chi connectivity index (χ2v) is 19.2. The smallest absolute Gasteiger partial charge is 0.0308 e. The Morgan fingerprint density at radius 2 is 0.895 bits per heavy atom. The molecule has 0 aliphatic heterocycles. The summed E-state index contributed by atoms with van der Waals surface area (Å²) in [6.07, 6.45) is 0. The predicted octanol–water partition coefficient (Wildman–Crippen LogP) is 11.8. The van der Waals surface area contributed by atoms with Gasteiger partial charge in [-0.25, -0.2) is 0 Å². The summed E-state index contributed by atoms with van der Waals surface area (Å²) in [5.41, 5.74) is 10.5. The summed E-state index contributed by atoms with van der Waals surface area (Å²) >= 11 is 1.80. The van der Waals surface area contributed by atoms with Crippen LogP contribution in [0.15, 0.2) is 48.5 Å². The number of rotatable bonds is 4. The van der Waals surface area contributed by atoms with Crippen molar-refractivity contribution in [1.29, 1.82) is 0 Å². The standard InChI is InChI=1S/2C14H17.C6H14Si.2ClH.Zr/c2*1-9(2)12-6-5-11(4)13-7-10(3)8-14(12)13;1-5(2)7-6(3)4;;;/h2*5-9H,1-4H3;5-6H,1-4H3;2*1H;/q2*-1;;;;+2. The van der Waals surface area contributed by atoms with E-state index in [-0.39, 0.29) is 30.2 Å². The number of fused-ring (bicyclic) bond motifs is 2. The Labute approximate surface area is 261 Å². The second kappa shape index (κ2) is 16.6. The van der Waals surface area contributed by atoms with Gasteiger partial charge in [0, 0.05) is 0 Å². The van der Waals surface area contributed by atoms with Gasteiger partial charge < -0.3 is 0 Å². The first-order valence-corrected chi connectivity index (χ1v) is 19.0. The topological polar surface area (TPSA) is 0 Å². The molecule has 0 amide bonds. The van der Waals surface area contributed by atoms with E-state index in [2.05, 4.69) is 132 Å². The van der Waals surface area contributed by atoms with E-state index in [0.29, 0.717) is 11.8 Å². The van der Waals surface area contributed by atoms with Crippen LogP contribution in [-0.4, -0.2) is 5.43 Å². The largest absolute Gasteiger partial charge is 0.165 e. The van der Waals surface area contributed by atoms with Gasteiger partial charge in [-0.05, 0) is 11.8 Å². The third kappa shape index (κ3) is 9.76. The average Bonchev–Trinajstić information content (AvgIpc) is 3.37. The van der Waals surface area contributed by atoms with Gasteiger partial charge in [0.15, 0.2) is 0 Å². The molecule has 38 heavy (non-hydrogen) atoms. The van der Waals surface area contributed by atoms with Crippen LogP contribution in [0.25, 0.3) is 21.5 Å². The van der Waals surface area contributed by atoms with Crippen LogP contribution in [0.4, 0.5) is 0 Å². The molecule has 4 aromatic carbocycles. The minimum Gasteiger partial charge on any atom is -0.165 e. The SMILES string of the molecule is CC(C)[Si](=[Zr+2])C(C)C.Cc1cc2c(C(C)C)ccc(C)c2[cH-]1.Cc1cc2c(C(C)C)ccc(C)c2[cH-]1.Cl.Cl. The Morgan fingerprint density at radius 1 is 0.579 bits per heavy atom. The number of hydrogen-bond acceptors (Lipinski definition) is 0. The van der Waals surface area contributed by atoms with Crippen molar-refractivity contribution in [3.05, 3.63) is 81.9 Å². The first kappa shape index (κ1) is 37.3. The number of aryl methyl sites for hydroxylation is 4. The average molecular weight is 649 g/mol. The van der Waals surface area contributed by atoms with E-state index >= 15 is 0 Å². The molecule has 0 atom stereocenters. The summed E-state index contributed by atoms with van der Waals surface area (Å²) < 4.78 is 0. The molecule has 0 unspecified atom stereocenters. The van der Waals surface area contributed by atoms with Crippen molar-refractivity contribution in [3.8, 4) is 0 Å². The van der Waals surface area contributed by atoms with Crippen LogP contribution < -0.4 is 0 Å². The van der Waals surface area contributed by atoms with Crippen molar-refractivity contribution in [3.63, 3.8) is 0 Å². The summed E-state index contributed by atoms with van der Waals surface area (Å²) in [5.74, 6) is 1.22. The molecule has 4 aromatic rings. The van der Waals surface area contributed by atoms with E-state index in [1.807, 2.05) is 0 Å². The second-order valence-electron chi connectivity index (χ2n) is 11.7. The van der Waals surface area contributed by atoms with Crippen molar-refractivity contribution in [2.24, 2.45) is 0 Å². The van der Waals surface area contributed by atoms with Crippen molar-refractivity contribution < 1.29 is 23.3 Å². The molecular weight excluding hydrogens is 599 g/mol. The zero-order valence-electron chi connectivity index (χ0n) is 25.7. The van der Waals surface area contributed by atoms with Gasteiger partial charge in [0.2, 0.25) is 0 Å². The van der Waals surface area contributed by atoms with E-state index in [1.54, 1.807) is 23.3 Å². The van der Waals surface area contributed by atoms with E-state index in [0.717, 1.165) is 11.1 Å². The summed E-state index contributed by atoms with van der Waals surface area (Å²) in [6, 6.07) is 18.2. The van der Waals surface area contributed by atoms with Gasteiger partial charge in [0.1, 0.15) is 0 Å². The van der Waals surface area contributed by atoms with Crippen molar-refractivity contribution in [1.82, 2.24) is 0 Å². The fourth-order valence-corrected chi connectivity index (χ4v) is 6.23. The summed E-state index contributed by atoms with van der Waals surface area (Å²) in [4.78, 5) is 0. The van der Waals surface area contributed by atoms with Gasteiger partial charge in [-0.15, -0.1) is 92.9 Å². The number of hydrogen-bond donors (Lipinski definition) is 0. The summed E-state index contributed by atoms with van der Waals surface area (Å²) in [6.45, 7) is 27.1. The molecule has 0 spiro atoms. The number of halogens is 2. The summed E-state index contributed by atoms with van der Waals surface area (Å²) in [5, 5.41) is 5.73. The van der Waals surface area contributed by atoms with Crippen LogP contribution in [0, 0.1) is 27.7 Å². The molecule has 0 bridgehead atoms. The number of benzene rings is 2. The van der Waals surface area contributed by atoms with Crippen molar-refractivity contribution >= 4 is 51.8 Å². The molecule has 0 saturated heterocycles. The van der Waals surface area contributed by atoms with Crippen LogP contribution >= 0.6 is 24.8 Å². The molecule has 0 N–H and O–H groups in total. The van der Waals surface area contributed by atoms with E-state index < -0.39 is 0 Å². The quantitative estimate of drug-likeness (QED) is 0.153. The molecule has 0 heterocycles. The maximum atomic E-state index is 2.35. The molecule has 0 nitrogen and oxygen atoms in total. The van der Waals surface area contributed by atoms with Gasteiger partial charge in [-0.3, -0.25) is 0 Å². The van der Waals surface area contributed by atoms with Gasteiger partial charge in [0.05, 0.1) is 0 Å². The van der Waals surface area contributed by atoms with Crippen molar-refractivity contribution in [2.45, 2.75) is 106 Å². The summed E-state index contributed by atoms with van der Waals surface area (Å²) in [7, 11) is 0. The van der Waals surface area contributed by atoms with E-state index in [4.69, 9.17) is 0 Å². The molecule has 0 saturated carbocycles. The Kier molecular flexibility index (Phi) is 16.3. The monoisotopic (exact) mass is 646 g/mol. The van der Waals surface area contributed by atoms with Crippen molar-refractivity contribution in [2.75, 3.05) is 0 Å². The van der Waals surface area contributed by atoms with Gasteiger partial charge >= 0.3 is 67.5 Å². The molecule has 0 radical (unpaired) electrons. The minimum atomic E-state index is 0. The molecule has 4 heteroatoms. The van der Waals surface area contributed by atoms with Crippen LogP contribution in [0.2, 0.25) is 11.1 Å². The Hall–Kier alpha value is -0.660. The first-order chi connectivity index (χ1) is 16.7. The molecule has 208 valence electrons. The normalized spacial score (nSPS) is 10.8. The zero-order valence-corrected chi connectivity index (χ0v) is 30.8. The molecular formula is C34H50Cl2SiZr. The third-order valence-electron chi connectivity index (χ3n) is 7.05. The van der Waals surface area contributed by atoms with Crippen LogP contribution in [0.1, 0.15) is 101 Å². The molecule has 0 aliphatic carbocycles. The van der Waals surface area contributed by atoms with Crippen LogP contribution in [-0.2, 0) is 23.3 Å². The zero-order chi connectivity index (χ0) is 27.3. The Bertz CT molecular complexity index is 1210. The van der Waals surface area contributed by atoms with E-state index in [1.165, 1.54) is 54.9 Å². The third-order valence-corrected chi connectivity index (χ3v) is 18.1. The maximum Gasteiger partial charge on any atom is -0.0308 e. The maximum absolute atomic E-state index is 2.35. The van der Waals surface area contributed by atoms with Crippen LogP contribution in [0.5, 0.6) is 0 Å². The predicted molar refractivity (Wildman–Crippen MR) is 177 cm³/mol. The Balaban J connectivity index is 0.000000549. The molecule has 0 aromatic heterocycles. The Morgan fingerprint density at radius 3 is 1.13 bits per heavy atom. The van der Waals surface area contributed by atoms with Gasteiger partial charge in [-0.1, -0.05) is 78.6 Å². The fraction of sp³-hybridized carbons (Fsp3) is 0.471. The first-order valence-electron chi connectivity index (χ1n) is 13.7. The minimum absolute atomic E-state index is 0. The van der Waals surface area contributed by atoms with E-state index in [9.17, 15) is 0 Å². The molecule has 4 rings (SSSR count). The van der Waals surface area contributed by atoms with Crippen LogP contribution in [0.3, 0.4) is 0 Å². The molecule has 0 fully saturated rings. The fourth-order valence-electron chi connectivity index (χ4n) is 4.90.